The van der Waals surface area contributed by atoms with Crippen molar-refractivity contribution >= 4 is 5.69 Å². The summed E-state index contributed by atoms with van der Waals surface area (Å²) in [5.74, 6) is 0. The van der Waals surface area contributed by atoms with Gasteiger partial charge in [0.1, 0.15) is 0 Å². The maximum atomic E-state index is 13.3. The highest BCUT2D eigenvalue weighted by Crippen LogP contribution is 2.39. The Bertz CT molecular complexity index is 467. The maximum Gasteiger partial charge on any atom is 0.418 e. The molecule has 0 amide bonds. The van der Waals surface area contributed by atoms with Crippen molar-refractivity contribution in [3.63, 3.8) is 0 Å². The molecule has 0 aliphatic heterocycles. The molecule has 0 bridgehead atoms. The predicted octanol–water partition coefficient (Wildman–Crippen LogP) is 4.19. The number of rotatable bonds is 6. The largest absolute Gasteiger partial charge is 0.418 e. The van der Waals surface area contributed by atoms with Crippen molar-refractivity contribution in [3.05, 3.63) is 29.3 Å². The van der Waals surface area contributed by atoms with Gasteiger partial charge in [-0.2, -0.15) is 13.2 Å². The van der Waals surface area contributed by atoms with Gasteiger partial charge in [0.2, 0.25) is 0 Å². The van der Waals surface area contributed by atoms with Crippen LogP contribution in [-0.4, -0.2) is 19.6 Å². The molecular formula is C16H23F3N2. The van der Waals surface area contributed by atoms with Crippen LogP contribution >= 0.6 is 0 Å². The van der Waals surface area contributed by atoms with E-state index in [1.54, 1.807) is 24.1 Å². The normalized spacial score (nSPS) is 15.9. The third kappa shape index (κ3) is 3.90. The van der Waals surface area contributed by atoms with Gasteiger partial charge in [0.15, 0.2) is 0 Å². The molecule has 1 N–H and O–H groups in total. The lowest BCUT2D eigenvalue weighted by atomic mass is 9.91. The number of alkyl halides is 3. The Balaban J connectivity index is 2.23. The lowest BCUT2D eigenvalue weighted by Gasteiger charge is -2.37. The van der Waals surface area contributed by atoms with Crippen LogP contribution in [0.2, 0.25) is 0 Å². The van der Waals surface area contributed by atoms with Crippen molar-refractivity contribution < 1.29 is 13.2 Å². The molecule has 0 atom stereocenters. The Labute approximate surface area is 124 Å². The molecule has 1 fully saturated rings. The molecule has 0 unspecified atom stereocenters. The first-order valence-electron chi connectivity index (χ1n) is 7.57. The zero-order valence-corrected chi connectivity index (χ0v) is 12.6. The Morgan fingerprint density at radius 2 is 2.00 bits per heavy atom. The number of halogens is 3. The van der Waals surface area contributed by atoms with Gasteiger partial charge in [0, 0.05) is 25.3 Å². The minimum absolute atomic E-state index is 0.246. The quantitative estimate of drug-likeness (QED) is 0.792. The predicted molar refractivity (Wildman–Crippen MR) is 79.5 cm³/mol. The summed E-state index contributed by atoms with van der Waals surface area (Å²) in [4.78, 5) is 1.79. The molecule has 1 saturated carbocycles. The molecule has 5 heteroatoms. The highest BCUT2D eigenvalue weighted by Gasteiger charge is 2.36. The van der Waals surface area contributed by atoms with E-state index in [0.717, 1.165) is 32.2 Å². The smallest absolute Gasteiger partial charge is 0.371 e. The fourth-order valence-electron chi connectivity index (χ4n) is 2.61. The molecule has 1 aliphatic rings. The van der Waals surface area contributed by atoms with E-state index < -0.39 is 11.7 Å². The van der Waals surface area contributed by atoms with Gasteiger partial charge in [-0.3, -0.25) is 0 Å². The number of nitrogens with zero attached hydrogens (tertiary/aromatic N) is 1. The molecule has 0 heterocycles. The van der Waals surface area contributed by atoms with Crippen LogP contribution < -0.4 is 10.2 Å². The minimum Gasteiger partial charge on any atom is -0.371 e. The fourth-order valence-corrected chi connectivity index (χ4v) is 2.61. The SMILES string of the molecule is CCCNCc1ccc(N(C)C2CCC2)c(C(F)(F)F)c1. The Hall–Kier alpha value is -1.23. The lowest BCUT2D eigenvalue weighted by molar-refractivity contribution is -0.137. The standard InChI is InChI=1S/C16H23F3N2/c1-3-9-20-11-12-7-8-15(14(10-12)16(17,18)19)21(2)13-5-4-6-13/h7-8,10,13,20H,3-6,9,11H2,1-2H3. The third-order valence-corrected chi connectivity index (χ3v) is 4.12. The summed E-state index contributed by atoms with van der Waals surface area (Å²) in [5.41, 5.74) is 0.459. The molecule has 0 radical (unpaired) electrons. The molecular weight excluding hydrogens is 277 g/mol. The summed E-state index contributed by atoms with van der Waals surface area (Å²) in [7, 11) is 1.77. The second-order valence-corrected chi connectivity index (χ2v) is 5.72. The van der Waals surface area contributed by atoms with Gasteiger partial charge in [-0.15, -0.1) is 0 Å². The van der Waals surface area contributed by atoms with E-state index in [2.05, 4.69) is 5.32 Å². The number of benzene rings is 1. The maximum absolute atomic E-state index is 13.3. The fraction of sp³-hybridized carbons (Fsp3) is 0.625. The molecule has 0 aromatic heterocycles. The molecule has 2 nitrogen and oxygen atoms in total. The van der Waals surface area contributed by atoms with Crippen LogP contribution in [0.3, 0.4) is 0 Å². The topological polar surface area (TPSA) is 15.3 Å². The van der Waals surface area contributed by atoms with Crippen molar-refractivity contribution in [3.8, 4) is 0 Å². The Kier molecular flexibility index (Phi) is 5.14. The van der Waals surface area contributed by atoms with Crippen LogP contribution in [-0.2, 0) is 12.7 Å². The summed E-state index contributed by atoms with van der Waals surface area (Å²) >= 11 is 0. The molecule has 0 spiro atoms. The van der Waals surface area contributed by atoms with Crippen LogP contribution in [0.15, 0.2) is 18.2 Å². The van der Waals surface area contributed by atoms with Crippen molar-refractivity contribution in [2.75, 3.05) is 18.5 Å². The lowest BCUT2D eigenvalue weighted by Crippen LogP contribution is -2.38. The third-order valence-electron chi connectivity index (χ3n) is 4.12. The van der Waals surface area contributed by atoms with Gasteiger partial charge in [-0.1, -0.05) is 13.0 Å². The molecule has 2 rings (SSSR count). The summed E-state index contributed by atoms with van der Waals surface area (Å²) in [6.45, 7) is 3.32. The van der Waals surface area contributed by atoms with Crippen LogP contribution in [0, 0.1) is 0 Å². The second kappa shape index (κ2) is 6.69. The molecule has 1 aromatic carbocycles. The van der Waals surface area contributed by atoms with Crippen molar-refractivity contribution in [2.45, 2.75) is 51.4 Å². The number of hydrogen-bond acceptors (Lipinski definition) is 2. The van der Waals surface area contributed by atoms with Crippen LogP contribution in [0.25, 0.3) is 0 Å². The summed E-state index contributed by atoms with van der Waals surface area (Å²) in [5, 5.41) is 3.14. The highest BCUT2D eigenvalue weighted by atomic mass is 19.4. The molecule has 21 heavy (non-hydrogen) atoms. The van der Waals surface area contributed by atoms with E-state index in [-0.39, 0.29) is 6.04 Å². The summed E-state index contributed by atoms with van der Waals surface area (Å²) < 4.78 is 39.9. The van der Waals surface area contributed by atoms with E-state index in [1.165, 1.54) is 6.07 Å². The van der Waals surface area contributed by atoms with E-state index in [0.29, 0.717) is 17.8 Å². The minimum atomic E-state index is -4.31. The average molecular weight is 300 g/mol. The average Bonchev–Trinajstić information content (AvgIpc) is 2.36. The second-order valence-electron chi connectivity index (χ2n) is 5.72. The van der Waals surface area contributed by atoms with Gasteiger partial charge in [-0.25, -0.2) is 0 Å². The van der Waals surface area contributed by atoms with Crippen molar-refractivity contribution in [1.82, 2.24) is 5.32 Å². The molecule has 1 aliphatic carbocycles. The molecule has 0 saturated heterocycles. The Morgan fingerprint density at radius 3 is 2.52 bits per heavy atom. The number of hydrogen-bond donors (Lipinski definition) is 1. The van der Waals surface area contributed by atoms with E-state index >= 15 is 0 Å². The van der Waals surface area contributed by atoms with E-state index in [4.69, 9.17) is 0 Å². The monoisotopic (exact) mass is 300 g/mol. The first kappa shape index (κ1) is 16.1. The van der Waals surface area contributed by atoms with Crippen molar-refractivity contribution in [2.24, 2.45) is 0 Å². The first-order valence-corrected chi connectivity index (χ1v) is 7.57. The zero-order chi connectivity index (χ0) is 15.5. The molecule has 118 valence electrons. The van der Waals surface area contributed by atoms with E-state index in [9.17, 15) is 13.2 Å². The van der Waals surface area contributed by atoms with Gasteiger partial charge in [0.25, 0.3) is 0 Å². The van der Waals surface area contributed by atoms with Gasteiger partial charge < -0.3 is 10.2 Å². The van der Waals surface area contributed by atoms with Gasteiger partial charge in [0.05, 0.1) is 5.56 Å². The number of anilines is 1. The molecule has 1 aromatic rings. The van der Waals surface area contributed by atoms with Gasteiger partial charge >= 0.3 is 6.18 Å². The van der Waals surface area contributed by atoms with Crippen LogP contribution in [0.5, 0.6) is 0 Å². The van der Waals surface area contributed by atoms with Crippen LogP contribution in [0.4, 0.5) is 18.9 Å². The highest BCUT2D eigenvalue weighted by molar-refractivity contribution is 5.57. The van der Waals surface area contributed by atoms with Gasteiger partial charge in [-0.05, 0) is 49.9 Å². The van der Waals surface area contributed by atoms with E-state index in [1.807, 2.05) is 6.92 Å². The summed E-state index contributed by atoms with van der Waals surface area (Å²) in [6, 6.07) is 4.94. The van der Waals surface area contributed by atoms with Crippen molar-refractivity contribution in [1.29, 1.82) is 0 Å². The van der Waals surface area contributed by atoms with Crippen LogP contribution in [0.1, 0.15) is 43.7 Å². The Morgan fingerprint density at radius 1 is 1.29 bits per heavy atom. The number of nitrogens with one attached hydrogen (secondary N) is 1. The zero-order valence-electron chi connectivity index (χ0n) is 12.6. The first-order chi connectivity index (χ1) is 9.93. The summed E-state index contributed by atoms with van der Waals surface area (Å²) in [6.07, 6.45) is -0.278.